The molecule has 1 amide bonds. The van der Waals surface area contributed by atoms with Crippen LogP contribution in [0.3, 0.4) is 0 Å². The molecule has 1 saturated carbocycles. The van der Waals surface area contributed by atoms with E-state index in [1.165, 1.54) is 12.8 Å². The Bertz CT molecular complexity index is 794. The van der Waals surface area contributed by atoms with Crippen LogP contribution in [0.25, 0.3) is 0 Å². The summed E-state index contributed by atoms with van der Waals surface area (Å²) in [5, 5.41) is 12.9. The molecule has 27 heavy (non-hydrogen) atoms. The number of nitrogens with zero attached hydrogens (tertiary/aromatic N) is 6. The molecule has 0 bridgehead atoms. The molecule has 8 nitrogen and oxygen atoms in total. The molecule has 146 valence electrons. The third-order valence-electron chi connectivity index (χ3n) is 5.39. The van der Waals surface area contributed by atoms with E-state index in [0.29, 0.717) is 26.1 Å². The maximum absolute atomic E-state index is 12.5. The average Bonchev–Trinajstić information content (AvgIpc) is 3.04. The zero-order valence-electron chi connectivity index (χ0n) is 16.2. The van der Waals surface area contributed by atoms with Crippen molar-refractivity contribution in [3.63, 3.8) is 0 Å². The topological polar surface area (TPSA) is 78.1 Å². The molecular weight excluding hydrogens is 344 g/mol. The van der Waals surface area contributed by atoms with Gasteiger partial charge in [0.1, 0.15) is 5.69 Å². The van der Waals surface area contributed by atoms with Crippen LogP contribution < -0.4 is 0 Å². The van der Waals surface area contributed by atoms with Crippen molar-refractivity contribution in [1.82, 2.24) is 29.7 Å². The summed E-state index contributed by atoms with van der Waals surface area (Å²) in [5.41, 5.74) is 2.95. The molecule has 8 heteroatoms. The van der Waals surface area contributed by atoms with E-state index in [1.807, 2.05) is 40.4 Å². The Kier molecular flexibility index (Phi) is 5.24. The molecule has 4 rings (SSSR count). The zero-order chi connectivity index (χ0) is 18.8. The predicted molar refractivity (Wildman–Crippen MR) is 99.0 cm³/mol. The summed E-state index contributed by atoms with van der Waals surface area (Å²) in [6.07, 6.45) is 5.93. The molecule has 0 radical (unpaired) electrons. The Morgan fingerprint density at radius 1 is 1.30 bits per heavy atom. The number of aryl methyl sites for hydroxylation is 3. The zero-order valence-corrected chi connectivity index (χ0v) is 16.2. The molecule has 2 aromatic rings. The number of hydrogen-bond acceptors (Lipinski definition) is 5. The SMILES string of the molecule is Cc1cc(C)n(CCC(=O)N2CCC(n3cc(COCC4CC4)nn3)C2)n1. The van der Waals surface area contributed by atoms with E-state index in [1.54, 1.807) is 0 Å². The smallest absolute Gasteiger partial charge is 0.224 e. The van der Waals surface area contributed by atoms with Crippen LogP contribution in [0.15, 0.2) is 12.3 Å². The van der Waals surface area contributed by atoms with Crippen molar-refractivity contribution in [3.05, 3.63) is 29.3 Å². The Balaban J connectivity index is 1.24. The standard InChI is InChI=1S/C19H28N6O2/c1-14-9-15(2)24(21-14)8-6-19(26)23-7-5-18(11-23)25-10-17(20-22-25)13-27-12-16-3-4-16/h9-10,16,18H,3-8,11-13H2,1-2H3. The van der Waals surface area contributed by atoms with E-state index in [9.17, 15) is 4.79 Å². The highest BCUT2D eigenvalue weighted by molar-refractivity contribution is 5.76. The van der Waals surface area contributed by atoms with Crippen LogP contribution in [0.5, 0.6) is 0 Å². The van der Waals surface area contributed by atoms with Crippen molar-refractivity contribution < 1.29 is 9.53 Å². The van der Waals surface area contributed by atoms with Crippen LogP contribution in [0.4, 0.5) is 0 Å². The number of carbonyl (C=O) groups is 1. The van der Waals surface area contributed by atoms with Crippen LogP contribution in [0.2, 0.25) is 0 Å². The van der Waals surface area contributed by atoms with Crippen LogP contribution in [-0.4, -0.2) is 55.3 Å². The Morgan fingerprint density at radius 2 is 2.15 bits per heavy atom. The third kappa shape index (κ3) is 4.55. The molecule has 1 saturated heterocycles. The van der Waals surface area contributed by atoms with Crippen molar-refractivity contribution in [3.8, 4) is 0 Å². The van der Waals surface area contributed by atoms with E-state index in [4.69, 9.17) is 4.74 Å². The maximum Gasteiger partial charge on any atom is 0.224 e. The fraction of sp³-hybridized carbons (Fsp3) is 0.684. The van der Waals surface area contributed by atoms with Gasteiger partial charge in [-0.3, -0.25) is 9.48 Å². The van der Waals surface area contributed by atoms with Crippen molar-refractivity contribution in [2.75, 3.05) is 19.7 Å². The Hall–Kier alpha value is -2.22. The van der Waals surface area contributed by atoms with Gasteiger partial charge in [0.05, 0.1) is 24.5 Å². The van der Waals surface area contributed by atoms with Crippen molar-refractivity contribution >= 4 is 5.91 Å². The van der Waals surface area contributed by atoms with Gasteiger partial charge in [-0.2, -0.15) is 5.10 Å². The van der Waals surface area contributed by atoms with Gasteiger partial charge in [0.15, 0.2) is 0 Å². The monoisotopic (exact) mass is 372 g/mol. The highest BCUT2D eigenvalue weighted by Crippen LogP contribution is 2.29. The van der Waals surface area contributed by atoms with Crippen LogP contribution in [0, 0.1) is 19.8 Å². The summed E-state index contributed by atoms with van der Waals surface area (Å²) >= 11 is 0. The fourth-order valence-corrected chi connectivity index (χ4v) is 3.62. The van der Waals surface area contributed by atoms with E-state index in [0.717, 1.165) is 42.6 Å². The molecular formula is C19H28N6O2. The van der Waals surface area contributed by atoms with E-state index < -0.39 is 0 Å². The summed E-state index contributed by atoms with van der Waals surface area (Å²) in [5.74, 6) is 0.932. The van der Waals surface area contributed by atoms with Crippen LogP contribution in [-0.2, 0) is 22.7 Å². The number of likely N-dealkylation sites (tertiary alicyclic amines) is 1. The second-order valence-corrected chi connectivity index (χ2v) is 7.83. The third-order valence-corrected chi connectivity index (χ3v) is 5.39. The number of aromatic nitrogens is 5. The molecule has 2 aromatic heterocycles. The normalized spacial score (nSPS) is 19.8. The molecule has 3 heterocycles. The summed E-state index contributed by atoms with van der Waals surface area (Å²) in [6.45, 7) is 7.44. The summed E-state index contributed by atoms with van der Waals surface area (Å²) < 4.78 is 9.48. The molecule has 2 aliphatic rings. The highest BCUT2D eigenvalue weighted by atomic mass is 16.5. The maximum atomic E-state index is 12.5. The van der Waals surface area contributed by atoms with Gasteiger partial charge in [-0.25, -0.2) is 4.68 Å². The number of carbonyl (C=O) groups excluding carboxylic acids is 1. The quantitative estimate of drug-likeness (QED) is 0.707. The minimum Gasteiger partial charge on any atom is -0.375 e. The molecule has 0 N–H and O–H groups in total. The Labute approximate surface area is 159 Å². The minimum atomic E-state index is 0.179. The van der Waals surface area contributed by atoms with Crippen LogP contribution >= 0.6 is 0 Å². The van der Waals surface area contributed by atoms with Crippen molar-refractivity contribution in [2.45, 2.75) is 58.7 Å². The molecule has 1 aliphatic carbocycles. The van der Waals surface area contributed by atoms with E-state index in [-0.39, 0.29) is 11.9 Å². The molecule has 1 aliphatic heterocycles. The summed E-state index contributed by atoms with van der Waals surface area (Å²) in [6, 6.07) is 2.24. The lowest BCUT2D eigenvalue weighted by Crippen LogP contribution is -2.30. The molecule has 1 atom stereocenters. The molecule has 1 unspecified atom stereocenters. The lowest BCUT2D eigenvalue weighted by molar-refractivity contribution is -0.130. The van der Waals surface area contributed by atoms with Gasteiger partial charge < -0.3 is 9.64 Å². The van der Waals surface area contributed by atoms with Crippen molar-refractivity contribution in [2.24, 2.45) is 5.92 Å². The largest absolute Gasteiger partial charge is 0.375 e. The molecule has 2 fully saturated rings. The first kappa shape index (κ1) is 18.2. The first-order valence-corrected chi connectivity index (χ1v) is 9.86. The Morgan fingerprint density at radius 3 is 2.89 bits per heavy atom. The van der Waals surface area contributed by atoms with Gasteiger partial charge in [-0.05, 0) is 45.1 Å². The summed E-state index contributed by atoms with van der Waals surface area (Å²) in [4.78, 5) is 14.5. The predicted octanol–water partition coefficient (Wildman–Crippen LogP) is 1.88. The van der Waals surface area contributed by atoms with E-state index >= 15 is 0 Å². The molecule has 0 spiro atoms. The van der Waals surface area contributed by atoms with Crippen molar-refractivity contribution in [1.29, 1.82) is 0 Å². The van der Waals surface area contributed by atoms with Gasteiger partial charge in [0.2, 0.25) is 5.91 Å². The highest BCUT2D eigenvalue weighted by Gasteiger charge is 2.28. The second kappa shape index (κ2) is 7.80. The lowest BCUT2D eigenvalue weighted by atomic mass is 10.3. The molecule has 0 aromatic carbocycles. The van der Waals surface area contributed by atoms with E-state index in [2.05, 4.69) is 15.4 Å². The second-order valence-electron chi connectivity index (χ2n) is 7.83. The first-order chi connectivity index (χ1) is 13.1. The van der Waals surface area contributed by atoms with Gasteiger partial charge >= 0.3 is 0 Å². The van der Waals surface area contributed by atoms with Crippen LogP contribution in [0.1, 0.15) is 48.8 Å². The van der Waals surface area contributed by atoms with Gasteiger partial charge in [-0.1, -0.05) is 5.21 Å². The number of amides is 1. The first-order valence-electron chi connectivity index (χ1n) is 9.86. The number of rotatable bonds is 8. The average molecular weight is 372 g/mol. The summed E-state index contributed by atoms with van der Waals surface area (Å²) in [7, 11) is 0. The lowest BCUT2D eigenvalue weighted by Gasteiger charge is -2.16. The number of ether oxygens (including phenoxy) is 1. The van der Waals surface area contributed by atoms with Gasteiger partial charge in [-0.15, -0.1) is 5.10 Å². The van der Waals surface area contributed by atoms with Gasteiger partial charge in [0.25, 0.3) is 0 Å². The van der Waals surface area contributed by atoms with Gasteiger partial charge in [0, 0.05) is 38.4 Å². The number of hydrogen-bond donors (Lipinski definition) is 0. The fourth-order valence-electron chi connectivity index (χ4n) is 3.62. The minimum absolute atomic E-state index is 0.179.